The van der Waals surface area contributed by atoms with Gasteiger partial charge in [0.1, 0.15) is 0 Å². The van der Waals surface area contributed by atoms with Crippen LogP contribution in [0.25, 0.3) is 0 Å². The summed E-state index contributed by atoms with van der Waals surface area (Å²) in [5.74, 6) is 0. The van der Waals surface area contributed by atoms with E-state index in [1.165, 1.54) is 13.2 Å². The number of hydrogen-bond acceptors (Lipinski definition) is 0. The largest absolute Gasteiger partial charge is 0.107 e. The molecule has 0 bridgehead atoms. The number of rotatable bonds is 0. The van der Waals surface area contributed by atoms with E-state index in [0.29, 0.717) is 0 Å². The third-order valence-corrected chi connectivity index (χ3v) is 4.38. The van der Waals surface area contributed by atoms with Gasteiger partial charge in [-0.15, -0.1) is 7.87 Å². The third-order valence-electron chi connectivity index (χ3n) is 0.834. The van der Waals surface area contributed by atoms with E-state index in [2.05, 4.69) is 19.9 Å². The number of aryl methyl sites for hydroxylation is 2. The molecule has 0 N–H and O–H groups in total. The molecule has 1 aromatic heterocycles. The molecule has 38 valence electrons. The molecule has 0 radical (unpaired) electrons. The molecule has 1 aromatic rings. The lowest BCUT2D eigenvalue weighted by Crippen LogP contribution is -1.50. The van der Waals surface area contributed by atoms with Crippen molar-refractivity contribution in [3.63, 3.8) is 0 Å². The van der Waals surface area contributed by atoms with Crippen LogP contribution in [0.2, 0.25) is 0 Å². The molecule has 1 rings (SSSR count). The molecule has 0 aliphatic rings. The lowest BCUT2D eigenvalue weighted by Gasteiger charge is -1.70. The Bertz CT molecular complexity index is 138. The van der Waals surface area contributed by atoms with Crippen LogP contribution >= 0.6 is 15.7 Å². The molecule has 0 saturated heterocycles. The van der Waals surface area contributed by atoms with Crippen molar-refractivity contribution in [3.8, 4) is 0 Å². The van der Waals surface area contributed by atoms with Crippen LogP contribution in [0, 0.1) is 13.8 Å². The van der Waals surface area contributed by atoms with Crippen LogP contribution < -0.4 is 0 Å². The maximum absolute atomic E-state index is 2.28. The molecule has 0 nitrogen and oxygen atoms in total. The van der Waals surface area contributed by atoms with E-state index in [-0.39, 0.29) is 0 Å². The van der Waals surface area contributed by atoms with Gasteiger partial charge in [-0.1, -0.05) is 7.87 Å². The summed E-state index contributed by atoms with van der Waals surface area (Å²) in [6.07, 6.45) is 0. The van der Waals surface area contributed by atoms with Crippen molar-refractivity contribution in [3.05, 3.63) is 16.7 Å². The van der Waals surface area contributed by atoms with Crippen molar-refractivity contribution in [1.82, 2.24) is 0 Å². The Balaban J connectivity index is 3.04. The fourth-order valence-corrected chi connectivity index (χ4v) is 3.01. The second-order valence-electron chi connectivity index (χ2n) is 1.69. The summed E-state index contributed by atoms with van der Waals surface area (Å²) in [5, 5.41) is 3.08. The lowest BCUT2D eigenvalue weighted by molar-refractivity contribution is 1.56. The smallest absolute Gasteiger partial charge is 0.0194 e. The van der Waals surface area contributed by atoms with Gasteiger partial charge < -0.3 is 0 Å². The van der Waals surface area contributed by atoms with Gasteiger partial charge in [-0.2, -0.15) is 0 Å². The van der Waals surface area contributed by atoms with Gasteiger partial charge in [-0.05, 0) is 30.5 Å². The third kappa shape index (κ3) is 1.30. The summed E-state index contributed by atoms with van der Waals surface area (Å²) in [4.78, 5) is 0. The van der Waals surface area contributed by atoms with E-state index in [4.69, 9.17) is 0 Å². The Labute approximate surface area is 47.0 Å². The van der Waals surface area contributed by atoms with Crippen LogP contribution in [0.3, 0.4) is 0 Å². The maximum Gasteiger partial charge on any atom is -0.0194 e. The van der Waals surface area contributed by atoms with E-state index in [1.54, 1.807) is 5.30 Å². The predicted octanol–water partition coefficient (Wildman–Crippen LogP) is 2.91. The normalized spacial score (nSPS) is 11.7. The van der Waals surface area contributed by atoms with Gasteiger partial charge in [0, 0.05) is 0 Å². The highest BCUT2D eigenvalue weighted by Crippen LogP contribution is 2.30. The Morgan fingerprint density at radius 1 is 1.57 bits per heavy atom. The molecule has 7 heavy (non-hydrogen) atoms. The molecular formula is C5H8P2. The summed E-state index contributed by atoms with van der Waals surface area (Å²) in [6, 6.07) is 2.28. The minimum atomic E-state index is 1.06. The van der Waals surface area contributed by atoms with Gasteiger partial charge in [0.15, 0.2) is 0 Å². The van der Waals surface area contributed by atoms with Crippen molar-refractivity contribution in [2.24, 2.45) is 0 Å². The van der Waals surface area contributed by atoms with Crippen LogP contribution in [0.5, 0.6) is 0 Å². The molecular weight excluding hydrogens is 122 g/mol. The molecule has 0 fully saturated rings. The maximum atomic E-state index is 2.28. The molecule has 1 heterocycles. The Hall–Kier alpha value is 0.210. The SMILES string of the molecule is Cc1cc(C)[pH]p1. The minimum absolute atomic E-state index is 1.06. The van der Waals surface area contributed by atoms with Crippen LogP contribution in [0.1, 0.15) is 10.6 Å². The van der Waals surface area contributed by atoms with Crippen LogP contribution in [0.4, 0.5) is 0 Å². The Morgan fingerprint density at radius 2 is 2.29 bits per heavy atom. The van der Waals surface area contributed by atoms with Crippen LogP contribution in [-0.2, 0) is 0 Å². The van der Waals surface area contributed by atoms with Gasteiger partial charge >= 0.3 is 0 Å². The molecule has 0 saturated carbocycles. The van der Waals surface area contributed by atoms with E-state index < -0.39 is 0 Å². The zero-order chi connectivity index (χ0) is 5.28. The standard InChI is InChI=1S/C5H8P2/c1-4-3-5(2)7-6-4/h3,6H,1-2H3. The molecule has 1 unspecified atom stereocenters. The monoisotopic (exact) mass is 130 g/mol. The average molecular weight is 130 g/mol. The summed E-state index contributed by atoms with van der Waals surface area (Å²) in [5.41, 5.74) is 0. The van der Waals surface area contributed by atoms with E-state index in [9.17, 15) is 0 Å². The fraction of sp³-hybridized carbons (Fsp3) is 0.400. The van der Waals surface area contributed by atoms with Crippen molar-refractivity contribution >= 4 is 15.7 Å². The fourth-order valence-electron chi connectivity index (χ4n) is 0.554. The number of hydrogen-bond donors (Lipinski definition) is 0. The van der Waals surface area contributed by atoms with Gasteiger partial charge in [-0.3, -0.25) is 0 Å². The van der Waals surface area contributed by atoms with Gasteiger partial charge in [0.25, 0.3) is 0 Å². The van der Waals surface area contributed by atoms with Crippen molar-refractivity contribution in [2.45, 2.75) is 13.8 Å². The van der Waals surface area contributed by atoms with E-state index >= 15 is 0 Å². The first-order valence-electron chi connectivity index (χ1n) is 2.27. The zero-order valence-electron chi connectivity index (χ0n) is 4.52. The summed E-state index contributed by atoms with van der Waals surface area (Å²) in [6.45, 7) is 4.38. The first-order chi connectivity index (χ1) is 3.29. The van der Waals surface area contributed by atoms with Gasteiger partial charge in [0.05, 0.1) is 0 Å². The minimum Gasteiger partial charge on any atom is -0.107 e. The molecule has 0 aliphatic carbocycles. The Morgan fingerprint density at radius 3 is 2.43 bits per heavy atom. The molecule has 0 aromatic carbocycles. The highest BCUT2D eigenvalue weighted by atomic mass is 31.8. The lowest BCUT2D eigenvalue weighted by atomic mass is 10.5. The van der Waals surface area contributed by atoms with Crippen molar-refractivity contribution in [1.29, 1.82) is 0 Å². The highest BCUT2D eigenvalue weighted by Gasteiger charge is 1.83. The van der Waals surface area contributed by atoms with Crippen molar-refractivity contribution in [2.75, 3.05) is 0 Å². The second-order valence-corrected chi connectivity index (χ2v) is 4.98. The van der Waals surface area contributed by atoms with Gasteiger partial charge in [-0.25, -0.2) is 0 Å². The van der Waals surface area contributed by atoms with Crippen molar-refractivity contribution < 1.29 is 0 Å². The van der Waals surface area contributed by atoms with Crippen LogP contribution in [0.15, 0.2) is 6.07 Å². The topological polar surface area (TPSA) is 0 Å². The molecule has 1 atom stereocenters. The molecule has 0 spiro atoms. The first-order valence-corrected chi connectivity index (χ1v) is 5.01. The van der Waals surface area contributed by atoms with E-state index in [1.807, 2.05) is 0 Å². The quantitative estimate of drug-likeness (QED) is 0.506. The average Bonchev–Trinajstić information content (AvgIpc) is 1.87. The zero-order valence-corrected chi connectivity index (χ0v) is 6.42. The first kappa shape index (κ1) is 5.35. The molecule has 0 aliphatic heterocycles. The highest BCUT2D eigenvalue weighted by molar-refractivity contribution is 7.91. The summed E-state index contributed by atoms with van der Waals surface area (Å²) >= 11 is 0. The summed E-state index contributed by atoms with van der Waals surface area (Å²) < 4.78 is 0. The summed E-state index contributed by atoms with van der Waals surface area (Å²) in [7, 11) is 2.59. The molecule has 0 amide bonds. The van der Waals surface area contributed by atoms with E-state index in [0.717, 1.165) is 7.87 Å². The van der Waals surface area contributed by atoms with Gasteiger partial charge in [0.2, 0.25) is 0 Å². The molecule has 2 heteroatoms. The van der Waals surface area contributed by atoms with Crippen LogP contribution in [-0.4, -0.2) is 0 Å². The second kappa shape index (κ2) is 1.99. The Kier molecular flexibility index (Phi) is 1.52. The predicted molar refractivity (Wildman–Crippen MR) is 37.9 cm³/mol.